The molecule has 3 aromatic rings. The Balaban J connectivity index is 1.98. The van der Waals surface area contributed by atoms with Gasteiger partial charge < -0.3 is 14.8 Å². The summed E-state index contributed by atoms with van der Waals surface area (Å²) in [4.78, 5) is 26.7. The zero-order valence-electron chi connectivity index (χ0n) is 15.8. The van der Waals surface area contributed by atoms with E-state index in [-0.39, 0.29) is 11.1 Å². The number of carboxylic acids is 2. The highest BCUT2D eigenvalue weighted by molar-refractivity contribution is 5.90. The maximum atomic E-state index is 11.2. The van der Waals surface area contributed by atoms with Gasteiger partial charge in [-0.25, -0.2) is 9.59 Å². The van der Waals surface area contributed by atoms with Crippen molar-refractivity contribution in [2.45, 2.75) is 20.8 Å². The monoisotopic (exact) mass is 376 g/mol. The fourth-order valence-electron chi connectivity index (χ4n) is 3.19. The van der Waals surface area contributed by atoms with Crippen molar-refractivity contribution in [2.75, 3.05) is 0 Å². The van der Waals surface area contributed by atoms with Crippen molar-refractivity contribution in [3.63, 3.8) is 0 Å². The summed E-state index contributed by atoms with van der Waals surface area (Å²) in [5, 5.41) is 18.2. The standard InChI is InChI=1S/C22H20N2O4/c1-13-9-17(22(27)28)7-8-20(13)24-14(2)10-18(15(24)3)12-23-19-6-4-5-16(11-19)21(25)26/h4-12H,1-3H3,(H,25,26)(H,27,28). The van der Waals surface area contributed by atoms with Gasteiger partial charge in [-0.2, -0.15) is 0 Å². The summed E-state index contributed by atoms with van der Waals surface area (Å²) in [6, 6.07) is 13.5. The Labute approximate surface area is 162 Å². The van der Waals surface area contributed by atoms with E-state index in [0.29, 0.717) is 5.69 Å². The molecule has 0 aliphatic carbocycles. The van der Waals surface area contributed by atoms with Crippen molar-refractivity contribution in [1.29, 1.82) is 0 Å². The zero-order valence-corrected chi connectivity index (χ0v) is 15.8. The molecule has 0 spiro atoms. The smallest absolute Gasteiger partial charge is 0.335 e. The molecule has 0 atom stereocenters. The number of benzene rings is 2. The van der Waals surface area contributed by atoms with Crippen molar-refractivity contribution in [1.82, 2.24) is 4.57 Å². The molecule has 142 valence electrons. The van der Waals surface area contributed by atoms with E-state index in [1.807, 2.05) is 26.8 Å². The normalized spacial score (nSPS) is 11.1. The molecule has 0 radical (unpaired) electrons. The van der Waals surface area contributed by atoms with E-state index in [4.69, 9.17) is 10.2 Å². The molecule has 6 heteroatoms. The molecule has 28 heavy (non-hydrogen) atoms. The summed E-state index contributed by atoms with van der Waals surface area (Å²) in [5.41, 5.74) is 5.63. The van der Waals surface area contributed by atoms with Crippen LogP contribution in [0.2, 0.25) is 0 Å². The van der Waals surface area contributed by atoms with Crippen LogP contribution in [0.4, 0.5) is 5.69 Å². The van der Waals surface area contributed by atoms with Crippen LogP contribution in [-0.2, 0) is 0 Å². The van der Waals surface area contributed by atoms with Crippen LogP contribution in [0.3, 0.4) is 0 Å². The van der Waals surface area contributed by atoms with Crippen LogP contribution in [0.15, 0.2) is 53.5 Å². The highest BCUT2D eigenvalue weighted by Gasteiger charge is 2.13. The Morgan fingerprint density at radius 3 is 2.25 bits per heavy atom. The summed E-state index contributed by atoms with van der Waals surface area (Å²) >= 11 is 0. The molecule has 0 aliphatic rings. The van der Waals surface area contributed by atoms with Gasteiger partial charge in [-0.1, -0.05) is 6.07 Å². The minimum atomic E-state index is -0.990. The van der Waals surface area contributed by atoms with Crippen LogP contribution in [-0.4, -0.2) is 32.9 Å². The fourth-order valence-corrected chi connectivity index (χ4v) is 3.19. The van der Waals surface area contributed by atoms with Gasteiger partial charge in [0.25, 0.3) is 0 Å². The predicted octanol–water partition coefficient (Wildman–Crippen LogP) is 4.55. The summed E-state index contributed by atoms with van der Waals surface area (Å²) in [6.45, 7) is 5.82. The first-order valence-electron chi connectivity index (χ1n) is 8.68. The highest BCUT2D eigenvalue weighted by Crippen LogP contribution is 2.24. The maximum Gasteiger partial charge on any atom is 0.335 e. The van der Waals surface area contributed by atoms with E-state index in [0.717, 1.165) is 28.2 Å². The second kappa shape index (κ2) is 7.52. The van der Waals surface area contributed by atoms with E-state index in [9.17, 15) is 9.59 Å². The third-order valence-electron chi connectivity index (χ3n) is 4.60. The van der Waals surface area contributed by atoms with Gasteiger partial charge in [-0.15, -0.1) is 0 Å². The van der Waals surface area contributed by atoms with Crippen LogP contribution in [0.25, 0.3) is 5.69 Å². The van der Waals surface area contributed by atoms with E-state index in [1.54, 1.807) is 36.5 Å². The fraction of sp³-hybridized carbons (Fsp3) is 0.136. The zero-order chi connectivity index (χ0) is 20.4. The summed E-state index contributed by atoms with van der Waals surface area (Å²) in [7, 11) is 0. The molecular formula is C22H20N2O4. The average molecular weight is 376 g/mol. The number of hydrogen-bond donors (Lipinski definition) is 2. The first-order chi connectivity index (χ1) is 13.3. The lowest BCUT2D eigenvalue weighted by molar-refractivity contribution is 0.0686. The van der Waals surface area contributed by atoms with Crippen LogP contribution >= 0.6 is 0 Å². The van der Waals surface area contributed by atoms with Crippen molar-refractivity contribution in [2.24, 2.45) is 4.99 Å². The Morgan fingerprint density at radius 2 is 1.61 bits per heavy atom. The van der Waals surface area contributed by atoms with E-state index in [1.165, 1.54) is 12.1 Å². The van der Waals surface area contributed by atoms with Crippen LogP contribution in [0.1, 0.15) is 43.2 Å². The average Bonchev–Trinajstić information content (AvgIpc) is 2.93. The molecule has 1 heterocycles. The van der Waals surface area contributed by atoms with Crippen molar-refractivity contribution >= 4 is 23.8 Å². The topological polar surface area (TPSA) is 91.9 Å². The molecule has 3 rings (SSSR count). The quantitative estimate of drug-likeness (QED) is 0.639. The third-order valence-corrected chi connectivity index (χ3v) is 4.60. The SMILES string of the molecule is Cc1cc(C(=O)O)ccc1-n1c(C)cc(C=Nc2cccc(C(=O)O)c2)c1C. The molecule has 2 aromatic carbocycles. The predicted molar refractivity (Wildman–Crippen MR) is 108 cm³/mol. The lowest BCUT2D eigenvalue weighted by Gasteiger charge is -2.13. The molecule has 0 fully saturated rings. The molecule has 0 saturated carbocycles. The van der Waals surface area contributed by atoms with Gasteiger partial charge in [-0.3, -0.25) is 4.99 Å². The number of aromatic nitrogens is 1. The number of rotatable bonds is 5. The number of aliphatic imine (C=N–C) groups is 1. The van der Waals surface area contributed by atoms with Crippen LogP contribution in [0, 0.1) is 20.8 Å². The van der Waals surface area contributed by atoms with Gasteiger partial charge in [0.05, 0.1) is 16.8 Å². The van der Waals surface area contributed by atoms with Crippen LogP contribution < -0.4 is 0 Å². The van der Waals surface area contributed by atoms with Crippen molar-refractivity contribution in [3.05, 3.63) is 82.2 Å². The first kappa shape index (κ1) is 19.1. The van der Waals surface area contributed by atoms with Gasteiger partial charge >= 0.3 is 11.9 Å². The second-order valence-corrected chi connectivity index (χ2v) is 6.58. The van der Waals surface area contributed by atoms with Gasteiger partial charge in [0.1, 0.15) is 0 Å². The van der Waals surface area contributed by atoms with Crippen molar-refractivity contribution in [3.8, 4) is 5.69 Å². The number of carbonyl (C=O) groups is 2. The molecular weight excluding hydrogens is 356 g/mol. The molecule has 0 unspecified atom stereocenters. The largest absolute Gasteiger partial charge is 0.478 e. The van der Waals surface area contributed by atoms with Gasteiger partial charge in [0.15, 0.2) is 0 Å². The Bertz CT molecular complexity index is 1110. The van der Waals surface area contributed by atoms with Gasteiger partial charge in [0, 0.05) is 28.9 Å². The molecule has 0 amide bonds. The maximum absolute atomic E-state index is 11.2. The second-order valence-electron chi connectivity index (χ2n) is 6.58. The summed E-state index contributed by atoms with van der Waals surface area (Å²) < 4.78 is 2.05. The molecule has 2 N–H and O–H groups in total. The number of nitrogens with zero attached hydrogens (tertiary/aromatic N) is 2. The van der Waals surface area contributed by atoms with Crippen molar-refractivity contribution < 1.29 is 19.8 Å². The van der Waals surface area contributed by atoms with Gasteiger partial charge in [0.2, 0.25) is 0 Å². The molecule has 6 nitrogen and oxygen atoms in total. The van der Waals surface area contributed by atoms with Gasteiger partial charge in [-0.05, 0) is 68.8 Å². The third kappa shape index (κ3) is 3.71. The molecule has 0 aliphatic heterocycles. The number of hydrogen-bond acceptors (Lipinski definition) is 3. The van der Waals surface area contributed by atoms with E-state index < -0.39 is 11.9 Å². The number of aryl methyl sites for hydroxylation is 2. The molecule has 0 bridgehead atoms. The molecule has 1 aromatic heterocycles. The minimum absolute atomic E-state index is 0.189. The van der Waals surface area contributed by atoms with E-state index >= 15 is 0 Å². The highest BCUT2D eigenvalue weighted by atomic mass is 16.4. The van der Waals surface area contributed by atoms with Crippen LogP contribution in [0.5, 0.6) is 0 Å². The van der Waals surface area contributed by atoms with E-state index in [2.05, 4.69) is 9.56 Å². The lowest BCUT2D eigenvalue weighted by atomic mass is 10.1. The number of carboxylic acid groups (broad SMARTS) is 2. The summed E-state index contributed by atoms with van der Waals surface area (Å²) in [5.74, 6) is -1.94. The Morgan fingerprint density at radius 1 is 0.929 bits per heavy atom. The summed E-state index contributed by atoms with van der Waals surface area (Å²) in [6.07, 6.45) is 1.71. The lowest BCUT2D eigenvalue weighted by Crippen LogP contribution is -2.04. The Kier molecular flexibility index (Phi) is 5.13. The Hall–Kier alpha value is -3.67. The number of aromatic carboxylic acids is 2. The first-order valence-corrected chi connectivity index (χ1v) is 8.68. The minimum Gasteiger partial charge on any atom is -0.478 e. The molecule has 0 saturated heterocycles.